The maximum absolute atomic E-state index is 13.0. The van der Waals surface area contributed by atoms with Crippen molar-refractivity contribution in [3.05, 3.63) is 61.4 Å². The van der Waals surface area contributed by atoms with Gasteiger partial charge in [-0.1, -0.05) is 37.0 Å². The van der Waals surface area contributed by atoms with E-state index in [1.54, 1.807) is 24.6 Å². The van der Waals surface area contributed by atoms with Crippen LogP contribution in [-0.4, -0.2) is 39.8 Å². The Kier molecular flexibility index (Phi) is 6.80. The number of hydrogen-bond acceptors (Lipinski definition) is 5. The zero-order valence-corrected chi connectivity index (χ0v) is 18.9. The van der Waals surface area contributed by atoms with E-state index in [0.29, 0.717) is 21.1 Å². The third-order valence-corrected chi connectivity index (χ3v) is 5.97. The van der Waals surface area contributed by atoms with Crippen LogP contribution in [0, 0.1) is 5.92 Å². The summed E-state index contributed by atoms with van der Waals surface area (Å²) < 4.78 is 0.542. The third kappa shape index (κ3) is 4.83. The highest BCUT2D eigenvalue weighted by Gasteiger charge is 2.28. The molecule has 2 N–H and O–H groups in total. The molecule has 2 aromatic heterocycles. The van der Waals surface area contributed by atoms with Crippen LogP contribution in [0.15, 0.2) is 34.4 Å². The van der Waals surface area contributed by atoms with Crippen molar-refractivity contribution in [2.45, 2.75) is 26.4 Å². The lowest BCUT2D eigenvalue weighted by atomic mass is 10.0. The normalized spacial score (nSPS) is 12.2. The SMILES string of the molecule is CC(C)C(NC(=O)c1ccc(Cl)cc1Cl)C(=O)N(C)Cc1nc2ccsc2c(=O)[nH]1. The summed E-state index contributed by atoms with van der Waals surface area (Å²) >= 11 is 13.3. The van der Waals surface area contributed by atoms with Crippen molar-refractivity contribution in [3.63, 3.8) is 0 Å². The van der Waals surface area contributed by atoms with E-state index >= 15 is 0 Å². The molecule has 7 nitrogen and oxygen atoms in total. The van der Waals surface area contributed by atoms with Gasteiger partial charge in [-0.05, 0) is 35.6 Å². The number of fused-ring (bicyclic) bond motifs is 1. The van der Waals surface area contributed by atoms with Gasteiger partial charge in [0.15, 0.2) is 0 Å². The van der Waals surface area contributed by atoms with Gasteiger partial charge in [0, 0.05) is 12.1 Å². The second kappa shape index (κ2) is 9.16. The number of rotatable bonds is 6. The van der Waals surface area contributed by atoms with Crippen LogP contribution < -0.4 is 10.9 Å². The molecule has 0 aliphatic heterocycles. The first-order valence-corrected chi connectivity index (χ1v) is 10.8. The van der Waals surface area contributed by atoms with Gasteiger partial charge in [-0.15, -0.1) is 11.3 Å². The highest BCUT2D eigenvalue weighted by atomic mass is 35.5. The molecular weight excluding hydrogens is 447 g/mol. The van der Waals surface area contributed by atoms with Crippen molar-refractivity contribution in [2.75, 3.05) is 7.05 Å². The predicted octanol–water partition coefficient (Wildman–Crippen LogP) is 3.70. The first-order valence-electron chi connectivity index (χ1n) is 9.14. The van der Waals surface area contributed by atoms with E-state index in [4.69, 9.17) is 23.2 Å². The van der Waals surface area contributed by atoms with Crippen molar-refractivity contribution in [3.8, 4) is 0 Å². The van der Waals surface area contributed by atoms with Gasteiger partial charge in [0.1, 0.15) is 16.6 Å². The summed E-state index contributed by atoms with van der Waals surface area (Å²) in [5, 5.41) is 5.15. The maximum atomic E-state index is 13.0. The average Bonchev–Trinajstić information content (AvgIpc) is 3.14. The fourth-order valence-electron chi connectivity index (χ4n) is 2.94. The number of halogens is 2. The molecule has 2 amide bonds. The number of nitrogens with one attached hydrogen (secondary N) is 2. The van der Waals surface area contributed by atoms with Crippen LogP contribution in [0.25, 0.3) is 10.2 Å². The minimum atomic E-state index is -0.786. The number of amides is 2. The van der Waals surface area contributed by atoms with Gasteiger partial charge in [-0.2, -0.15) is 0 Å². The summed E-state index contributed by atoms with van der Waals surface area (Å²) in [6, 6.07) is 5.51. The molecule has 1 aromatic carbocycles. The Hall–Kier alpha value is -2.42. The summed E-state index contributed by atoms with van der Waals surface area (Å²) in [5.41, 5.74) is 0.582. The van der Waals surface area contributed by atoms with E-state index in [9.17, 15) is 14.4 Å². The summed E-state index contributed by atoms with van der Waals surface area (Å²) in [6.07, 6.45) is 0. The lowest BCUT2D eigenvalue weighted by molar-refractivity contribution is -0.133. The molecular formula is C20H20Cl2N4O3S. The molecule has 0 fully saturated rings. The summed E-state index contributed by atoms with van der Waals surface area (Å²) in [5.74, 6) is -0.586. The molecule has 0 aliphatic carbocycles. The number of hydrogen-bond donors (Lipinski definition) is 2. The summed E-state index contributed by atoms with van der Waals surface area (Å²) in [6.45, 7) is 3.76. The van der Waals surface area contributed by atoms with Gasteiger partial charge in [-0.25, -0.2) is 4.98 Å². The number of likely N-dealkylation sites (N-methyl/N-ethyl adjacent to an activating group) is 1. The lowest BCUT2D eigenvalue weighted by Gasteiger charge is -2.27. The van der Waals surface area contributed by atoms with Gasteiger partial charge in [0.25, 0.3) is 11.5 Å². The monoisotopic (exact) mass is 466 g/mol. The Morgan fingerprint density at radius 1 is 1.27 bits per heavy atom. The molecule has 0 bridgehead atoms. The fraction of sp³-hybridized carbons (Fsp3) is 0.300. The smallest absolute Gasteiger partial charge is 0.268 e. The Bertz CT molecular complexity index is 1160. The van der Waals surface area contributed by atoms with Crippen molar-refractivity contribution in [1.29, 1.82) is 0 Å². The third-order valence-electron chi connectivity index (χ3n) is 4.52. The molecule has 3 rings (SSSR count). The van der Waals surface area contributed by atoms with E-state index in [1.807, 2.05) is 13.8 Å². The van der Waals surface area contributed by atoms with E-state index in [0.717, 1.165) is 0 Å². The summed E-state index contributed by atoms with van der Waals surface area (Å²) in [7, 11) is 1.59. The lowest BCUT2D eigenvalue weighted by Crippen LogP contribution is -2.50. The number of aromatic nitrogens is 2. The standard InChI is InChI=1S/C20H20Cl2N4O3S/c1-10(2)16(25-18(27)12-5-4-11(21)8-13(12)22)20(29)26(3)9-15-23-14-6-7-30-17(14)19(28)24-15/h4-8,10,16H,9H2,1-3H3,(H,25,27)(H,23,24,28). The van der Waals surface area contributed by atoms with Gasteiger partial charge >= 0.3 is 0 Å². The second-order valence-electron chi connectivity index (χ2n) is 7.16. The molecule has 0 saturated heterocycles. The maximum Gasteiger partial charge on any atom is 0.268 e. The van der Waals surface area contributed by atoms with Crippen LogP contribution >= 0.6 is 34.5 Å². The van der Waals surface area contributed by atoms with E-state index in [2.05, 4.69) is 15.3 Å². The Morgan fingerprint density at radius 3 is 2.67 bits per heavy atom. The molecule has 2 heterocycles. The average molecular weight is 467 g/mol. The van der Waals surface area contributed by atoms with Crippen molar-refractivity contribution < 1.29 is 9.59 Å². The van der Waals surface area contributed by atoms with Crippen molar-refractivity contribution in [2.24, 2.45) is 5.92 Å². The molecule has 30 heavy (non-hydrogen) atoms. The first-order chi connectivity index (χ1) is 14.2. The van der Waals surface area contributed by atoms with E-state index in [1.165, 1.54) is 28.4 Å². The molecule has 0 radical (unpaired) electrons. The van der Waals surface area contributed by atoms with Crippen LogP contribution in [0.1, 0.15) is 30.0 Å². The topological polar surface area (TPSA) is 95.2 Å². The molecule has 3 aromatic rings. The molecule has 10 heteroatoms. The number of aromatic amines is 1. The Morgan fingerprint density at radius 2 is 2.00 bits per heavy atom. The van der Waals surface area contributed by atoms with Crippen LogP contribution in [0.5, 0.6) is 0 Å². The van der Waals surface area contributed by atoms with Crippen LogP contribution in [-0.2, 0) is 11.3 Å². The minimum Gasteiger partial charge on any atom is -0.340 e. The van der Waals surface area contributed by atoms with E-state index in [-0.39, 0.29) is 34.5 Å². The number of benzene rings is 1. The second-order valence-corrected chi connectivity index (χ2v) is 8.92. The zero-order chi connectivity index (χ0) is 22.0. The fourth-order valence-corrected chi connectivity index (χ4v) is 4.16. The summed E-state index contributed by atoms with van der Waals surface area (Å²) in [4.78, 5) is 46.4. The van der Waals surface area contributed by atoms with E-state index < -0.39 is 11.9 Å². The number of thiophene rings is 1. The minimum absolute atomic E-state index is 0.0979. The highest BCUT2D eigenvalue weighted by molar-refractivity contribution is 7.17. The molecule has 0 saturated carbocycles. The molecule has 1 atom stereocenters. The van der Waals surface area contributed by atoms with Gasteiger partial charge in [-0.3, -0.25) is 14.4 Å². The first kappa shape index (κ1) is 22.3. The van der Waals surface area contributed by atoms with Crippen molar-refractivity contribution >= 4 is 56.6 Å². The number of carbonyl (C=O) groups is 2. The van der Waals surface area contributed by atoms with Crippen LogP contribution in [0.3, 0.4) is 0 Å². The highest BCUT2D eigenvalue weighted by Crippen LogP contribution is 2.21. The van der Waals surface area contributed by atoms with Gasteiger partial charge in [0.05, 0.1) is 22.6 Å². The predicted molar refractivity (Wildman–Crippen MR) is 119 cm³/mol. The van der Waals surface area contributed by atoms with Crippen LogP contribution in [0.4, 0.5) is 0 Å². The van der Waals surface area contributed by atoms with Gasteiger partial charge < -0.3 is 15.2 Å². The number of nitrogens with zero attached hydrogens (tertiary/aromatic N) is 2. The molecule has 158 valence electrons. The zero-order valence-electron chi connectivity index (χ0n) is 16.5. The van der Waals surface area contributed by atoms with Gasteiger partial charge in [0.2, 0.25) is 5.91 Å². The quantitative estimate of drug-likeness (QED) is 0.578. The largest absolute Gasteiger partial charge is 0.340 e. The number of carbonyl (C=O) groups excluding carboxylic acids is 2. The molecule has 0 aliphatic rings. The van der Waals surface area contributed by atoms with Crippen molar-refractivity contribution in [1.82, 2.24) is 20.2 Å². The van der Waals surface area contributed by atoms with Crippen LogP contribution in [0.2, 0.25) is 10.0 Å². The molecule has 1 unspecified atom stereocenters. The number of H-pyrrole nitrogens is 1. The Labute approximate surface area is 187 Å². The molecule has 0 spiro atoms. The Balaban J connectivity index is 1.76.